The summed E-state index contributed by atoms with van der Waals surface area (Å²) in [5.41, 5.74) is -0.00813. The van der Waals surface area contributed by atoms with E-state index in [0.29, 0.717) is 22.5 Å². The Bertz CT molecular complexity index is 1180. The molecule has 35 heavy (non-hydrogen) atoms. The van der Waals surface area contributed by atoms with Gasteiger partial charge >= 0.3 is 6.18 Å². The number of carbonyl (C=O) groups excluding carboxylic acids is 1. The molecule has 2 aromatic heterocycles. The topological polar surface area (TPSA) is 71.0 Å². The zero-order chi connectivity index (χ0) is 25.4. The Kier molecular flexibility index (Phi) is 6.76. The van der Waals surface area contributed by atoms with E-state index in [0.717, 1.165) is 22.4 Å². The Labute approximate surface area is 202 Å². The Morgan fingerprint density at radius 3 is 2.54 bits per heavy atom. The zero-order valence-corrected chi connectivity index (χ0v) is 19.6. The van der Waals surface area contributed by atoms with Crippen LogP contribution >= 0.6 is 11.3 Å². The number of likely N-dealkylation sites (tertiary alicyclic amines) is 1. The number of anilines is 1. The van der Waals surface area contributed by atoms with Crippen LogP contribution in [0.25, 0.3) is 11.3 Å². The fourth-order valence-corrected chi connectivity index (χ4v) is 5.05. The molecular formula is C23H22F5N5OS. The van der Waals surface area contributed by atoms with Gasteiger partial charge < -0.3 is 10.2 Å². The van der Waals surface area contributed by atoms with Gasteiger partial charge in [-0.15, -0.1) is 11.3 Å². The summed E-state index contributed by atoms with van der Waals surface area (Å²) in [6.07, 6.45) is -3.52. The molecule has 1 aliphatic heterocycles. The molecule has 0 bridgehead atoms. The molecule has 1 N–H and O–H groups in total. The third-order valence-electron chi connectivity index (χ3n) is 5.75. The molecule has 2 atom stereocenters. The maximum Gasteiger partial charge on any atom is 0.434 e. The van der Waals surface area contributed by atoms with Crippen LogP contribution in [0.1, 0.15) is 33.7 Å². The average Bonchev–Trinajstić information content (AvgIpc) is 3.19. The normalized spacial score (nSPS) is 20.0. The van der Waals surface area contributed by atoms with Crippen LogP contribution in [0.2, 0.25) is 0 Å². The minimum atomic E-state index is -4.62. The van der Waals surface area contributed by atoms with E-state index >= 15 is 0 Å². The van der Waals surface area contributed by atoms with Gasteiger partial charge in [-0.2, -0.15) is 13.2 Å². The number of halogens is 5. The van der Waals surface area contributed by atoms with E-state index in [1.54, 1.807) is 38.1 Å². The second-order valence-corrected chi connectivity index (χ2v) is 9.68. The van der Waals surface area contributed by atoms with Crippen molar-refractivity contribution in [3.63, 3.8) is 0 Å². The number of aryl methyl sites for hydroxylation is 1. The first-order chi connectivity index (χ1) is 16.4. The molecule has 1 saturated heterocycles. The molecule has 1 fully saturated rings. The van der Waals surface area contributed by atoms with Gasteiger partial charge in [0.25, 0.3) is 11.8 Å². The highest BCUT2D eigenvalue weighted by Gasteiger charge is 2.46. The van der Waals surface area contributed by atoms with Crippen molar-refractivity contribution in [3.8, 4) is 11.3 Å². The van der Waals surface area contributed by atoms with Crippen molar-refractivity contribution >= 4 is 23.1 Å². The molecule has 12 heteroatoms. The number of hydrogen-bond acceptors (Lipinski definition) is 6. The molecule has 0 aliphatic carbocycles. The van der Waals surface area contributed by atoms with Gasteiger partial charge in [0.15, 0.2) is 5.69 Å². The lowest BCUT2D eigenvalue weighted by molar-refractivity contribution is -0.141. The SMILES string of the molecule is Cc1nc(-c2ccccc2)c(C(=O)N2CC(F)(F)CC(C)C2CNc2cnc(C(F)(F)F)cn2)s1. The van der Waals surface area contributed by atoms with E-state index in [-0.39, 0.29) is 17.2 Å². The molecule has 6 nitrogen and oxygen atoms in total. The molecule has 1 aromatic carbocycles. The first-order valence-corrected chi connectivity index (χ1v) is 11.6. The summed E-state index contributed by atoms with van der Waals surface area (Å²) in [6.45, 7) is 2.60. The number of carbonyl (C=O) groups is 1. The smallest absolute Gasteiger partial charge is 0.367 e. The van der Waals surface area contributed by atoms with Gasteiger partial charge in [-0.25, -0.2) is 23.7 Å². The number of amides is 1. The van der Waals surface area contributed by atoms with Gasteiger partial charge in [-0.3, -0.25) is 4.79 Å². The number of nitrogens with zero attached hydrogens (tertiary/aromatic N) is 4. The second kappa shape index (κ2) is 9.48. The van der Waals surface area contributed by atoms with Gasteiger partial charge in [-0.1, -0.05) is 37.3 Å². The molecule has 1 aliphatic rings. The standard InChI is InChI=1S/C23H22F5N5OS/c1-13-8-22(24,25)12-33(16(13)9-30-18-11-29-17(10-31-18)23(26,27)28)21(34)20-19(32-14(2)35-20)15-6-4-3-5-7-15/h3-7,10-11,13,16H,8-9,12H2,1-2H3,(H,30,31). The van der Waals surface area contributed by atoms with Crippen LogP contribution in [-0.4, -0.2) is 50.8 Å². The number of hydrogen-bond donors (Lipinski definition) is 1. The van der Waals surface area contributed by atoms with Crippen molar-refractivity contribution in [1.29, 1.82) is 0 Å². The van der Waals surface area contributed by atoms with Crippen LogP contribution in [0, 0.1) is 12.8 Å². The summed E-state index contributed by atoms with van der Waals surface area (Å²) in [5.74, 6) is -4.18. The van der Waals surface area contributed by atoms with Crippen LogP contribution in [0.4, 0.5) is 27.8 Å². The lowest BCUT2D eigenvalue weighted by Gasteiger charge is -2.43. The third kappa shape index (κ3) is 5.58. The van der Waals surface area contributed by atoms with Crippen molar-refractivity contribution < 1.29 is 26.7 Å². The molecule has 2 unspecified atom stereocenters. The largest absolute Gasteiger partial charge is 0.434 e. The number of benzene rings is 1. The van der Waals surface area contributed by atoms with Crippen molar-refractivity contribution in [1.82, 2.24) is 19.9 Å². The van der Waals surface area contributed by atoms with Gasteiger partial charge in [0.05, 0.1) is 35.7 Å². The molecule has 3 aromatic rings. The maximum atomic E-state index is 14.5. The van der Waals surface area contributed by atoms with Gasteiger partial charge in [0.2, 0.25) is 0 Å². The highest BCUT2D eigenvalue weighted by atomic mass is 32.1. The molecular weight excluding hydrogens is 489 g/mol. The Morgan fingerprint density at radius 1 is 1.20 bits per heavy atom. The molecule has 186 valence electrons. The maximum absolute atomic E-state index is 14.5. The first kappa shape index (κ1) is 25.0. The van der Waals surface area contributed by atoms with Gasteiger partial charge in [0, 0.05) is 18.5 Å². The van der Waals surface area contributed by atoms with Gasteiger partial charge in [0.1, 0.15) is 10.7 Å². The number of rotatable bonds is 5. The van der Waals surface area contributed by atoms with E-state index in [9.17, 15) is 26.7 Å². The molecule has 3 heterocycles. The van der Waals surface area contributed by atoms with Crippen LogP contribution in [0.3, 0.4) is 0 Å². The number of piperidine rings is 1. The number of nitrogens with one attached hydrogen (secondary N) is 1. The zero-order valence-electron chi connectivity index (χ0n) is 18.8. The van der Waals surface area contributed by atoms with E-state index in [1.807, 2.05) is 6.07 Å². The van der Waals surface area contributed by atoms with Crippen LogP contribution < -0.4 is 5.32 Å². The molecule has 1 amide bonds. The summed E-state index contributed by atoms with van der Waals surface area (Å²) in [6, 6.07) is 8.35. The number of thiazole rings is 1. The lowest BCUT2D eigenvalue weighted by Crippen LogP contribution is -2.57. The lowest BCUT2D eigenvalue weighted by atomic mass is 9.88. The highest BCUT2D eigenvalue weighted by molar-refractivity contribution is 7.14. The van der Waals surface area contributed by atoms with E-state index in [4.69, 9.17) is 0 Å². The summed E-state index contributed by atoms with van der Waals surface area (Å²) >= 11 is 1.14. The summed E-state index contributed by atoms with van der Waals surface area (Å²) in [7, 11) is 0. The van der Waals surface area contributed by atoms with Crippen molar-refractivity contribution in [2.45, 2.75) is 38.4 Å². The summed E-state index contributed by atoms with van der Waals surface area (Å²) in [4.78, 5) is 26.5. The molecule has 0 saturated carbocycles. The quantitative estimate of drug-likeness (QED) is 0.457. The fourth-order valence-electron chi connectivity index (χ4n) is 4.15. The van der Waals surface area contributed by atoms with Crippen LogP contribution in [-0.2, 0) is 6.18 Å². The second-order valence-electron chi connectivity index (χ2n) is 8.48. The van der Waals surface area contributed by atoms with Gasteiger partial charge in [-0.05, 0) is 12.8 Å². The average molecular weight is 512 g/mol. The van der Waals surface area contributed by atoms with E-state index < -0.39 is 48.6 Å². The minimum Gasteiger partial charge on any atom is -0.367 e. The predicted molar refractivity (Wildman–Crippen MR) is 121 cm³/mol. The third-order valence-corrected chi connectivity index (χ3v) is 6.71. The summed E-state index contributed by atoms with van der Waals surface area (Å²) in [5, 5.41) is 3.47. The van der Waals surface area contributed by atoms with E-state index in [2.05, 4.69) is 20.3 Å². The predicted octanol–water partition coefficient (Wildman–Crippen LogP) is 5.53. The number of alkyl halides is 5. The first-order valence-electron chi connectivity index (χ1n) is 10.8. The minimum absolute atomic E-state index is 0.0154. The van der Waals surface area contributed by atoms with Crippen molar-refractivity contribution in [2.75, 3.05) is 18.4 Å². The fraction of sp³-hybridized carbons (Fsp3) is 0.391. The van der Waals surface area contributed by atoms with Crippen LogP contribution in [0.5, 0.6) is 0 Å². The molecule has 4 rings (SSSR count). The van der Waals surface area contributed by atoms with Crippen LogP contribution in [0.15, 0.2) is 42.7 Å². The van der Waals surface area contributed by atoms with Crippen molar-refractivity contribution in [3.05, 3.63) is 58.3 Å². The van der Waals surface area contributed by atoms with Crippen molar-refractivity contribution in [2.24, 2.45) is 5.92 Å². The highest BCUT2D eigenvalue weighted by Crippen LogP contribution is 2.37. The Balaban J connectivity index is 1.60. The van der Waals surface area contributed by atoms with E-state index in [1.165, 1.54) is 0 Å². The molecule has 0 spiro atoms. The monoisotopic (exact) mass is 511 g/mol. The Morgan fingerprint density at radius 2 is 1.91 bits per heavy atom. The Hall–Kier alpha value is -3.15. The molecule has 0 radical (unpaired) electrons. The number of aromatic nitrogens is 3. The summed E-state index contributed by atoms with van der Waals surface area (Å²) < 4.78 is 67.3.